The quantitative estimate of drug-likeness (QED) is 0.533. The van der Waals surface area contributed by atoms with Crippen LogP contribution in [0.1, 0.15) is 46.0 Å². The largest absolute Gasteiger partial charge is 0.379 e. The lowest BCUT2D eigenvalue weighted by Crippen LogP contribution is -2.37. The van der Waals surface area contributed by atoms with Gasteiger partial charge in [0.2, 0.25) is 0 Å². The molecule has 0 bridgehead atoms. The summed E-state index contributed by atoms with van der Waals surface area (Å²) in [6, 6.07) is 0. The highest BCUT2D eigenvalue weighted by Gasteiger charge is 2.23. The predicted octanol–water partition coefficient (Wildman–Crippen LogP) is 2.56. The Morgan fingerprint density at radius 1 is 1.50 bits per heavy atom. The van der Waals surface area contributed by atoms with E-state index < -0.39 is 0 Å². The van der Waals surface area contributed by atoms with Crippen LogP contribution < -0.4 is 0 Å². The maximum atomic E-state index is 9.53. The van der Waals surface area contributed by atoms with Crippen molar-refractivity contribution in [2.45, 2.75) is 58.3 Å². The van der Waals surface area contributed by atoms with Gasteiger partial charge in [-0.05, 0) is 39.5 Å². The summed E-state index contributed by atoms with van der Waals surface area (Å²) < 4.78 is 0. The third-order valence-corrected chi connectivity index (χ3v) is 3.00. The van der Waals surface area contributed by atoms with Crippen LogP contribution in [0.4, 0.5) is 0 Å². The molecule has 0 amide bonds. The van der Waals surface area contributed by atoms with Crippen molar-refractivity contribution in [2.24, 2.45) is 4.99 Å². The molecule has 1 heterocycles. The van der Waals surface area contributed by atoms with Crippen LogP contribution in [0.5, 0.6) is 0 Å². The number of hydrogen-bond acceptors (Lipinski definition) is 3. The molecule has 16 heavy (non-hydrogen) atoms. The van der Waals surface area contributed by atoms with Crippen LogP contribution in [0.2, 0.25) is 0 Å². The molecule has 0 saturated heterocycles. The van der Waals surface area contributed by atoms with Crippen molar-refractivity contribution in [3.05, 3.63) is 12.2 Å². The van der Waals surface area contributed by atoms with Crippen LogP contribution in [0.3, 0.4) is 0 Å². The summed E-state index contributed by atoms with van der Waals surface area (Å²) >= 11 is 0. The molecule has 1 N–H and O–H groups in total. The lowest BCUT2D eigenvalue weighted by Gasteiger charge is -2.25. The van der Waals surface area contributed by atoms with E-state index >= 15 is 0 Å². The number of aliphatic imine (C=N–C) groups is 1. The molecule has 0 spiro atoms. The van der Waals surface area contributed by atoms with Gasteiger partial charge in [-0.25, -0.2) is 0 Å². The molecule has 0 aromatic heterocycles. The maximum Gasteiger partial charge on any atom is 0.106 e. The van der Waals surface area contributed by atoms with Crippen LogP contribution >= 0.6 is 0 Å². The zero-order valence-corrected chi connectivity index (χ0v) is 10.5. The Kier molecular flexibility index (Phi) is 6.34. The van der Waals surface area contributed by atoms with Crippen LogP contribution in [0.25, 0.3) is 0 Å². The van der Waals surface area contributed by atoms with Gasteiger partial charge in [0.25, 0.3) is 0 Å². The van der Waals surface area contributed by atoms with Gasteiger partial charge in [0, 0.05) is 12.8 Å². The van der Waals surface area contributed by atoms with Crippen LogP contribution in [-0.2, 0) is 0 Å². The first kappa shape index (κ1) is 13.4. The fourth-order valence-electron chi connectivity index (χ4n) is 2.04. The van der Waals surface area contributed by atoms with Crippen LogP contribution in [0, 0.1) is 0 Å². The number of unbranched alkanes of at least 4 members (excludes halogenated alkanes) is 3. The SMILES string of the molecule is C/C=C/CCCCCC1N=CCN1C(C)O. The van der Waals surface area contributed by atoms with E-state index in [1.807, 2.05) is 18.0 Å². The minimum atomic E-state index is -0.379. The normalized spacial score (nSPS) is 23.3. The van der Waals surface area contributed by atoms with Crippen molar-refractivity contribution in [1.29, 1.82) is 0 Å². The lowest BCUT2D eigenvalue weighted by atomic mass is 10.1. The smallest absolute Gasteiger partial charge is 0.106 e. The number of aliphatic hydroxyl groups excluding tert-OH is 1. The molecule has 2 atom stereocenters. The Bertz CT molecular complexity index is 236. The summed E-state index contributed by atoms with van der Waals surface area (Å²) in [6.45, 7) is 4.67. The van der Waals surface area contributed by atoms with Gasteiger partial charge in [0.1, 0.15) is 12.4 Å². The molecule has 1 aliphatic rings. The Hall–Kier alpha value is -0.670. The van der Waals surface area contributed by atoms with Crippen molar-refractivity contribution in [2.75, 3.05) is 6.54 Å². The zero-order chi connectivity index (χ0) is 11.8. The molecule has 1 aliphatic heterocycles. The minimum Gasteiger partial charge on any atom is -0.379 e. The van der Waals surface area contributed by atoms with E-state index in [-0.39, 0.29) is 12.4 Å². The molecule has 0 aliphatic carbocycles. The molecule has 0 aromatic rings. The first-order chi connectivity index (χ1) is 7.75. The van der Waals surface area contributed by atoms with Crippen LogP contribution in [0.15, 0.2) is 17.1 Å². The van der Waals surface area contributed by atoms with Gasteiger partial charge in [0.15, 0.2) is 0 Å². The highest BCUT2D eigenvalue weighted by Crippen LogP contribution is 2.16. The number of allylic oxidation sites excluding steroid dienone is 2. The molecule has 3 nitrogen and oxygen atoms in total. The number of nitrogens with zero attached hydrogens (tertiary/aromatic N) is 2. The fraction of sp³-hybridized carbons (Fsp3) is 0.769. The zero-order valence-electron chi connectivity index (χ0n) is 10.5. The predicted molar refractivity (Wildman–Crippen MR) is 68.6 cm³/mol. The van der Waals surface area contributed by atoms with Gasteiger partial charge < -0.3 is 5.11 Å². The van der Waals surface area contributed by atoms with Gasteiger partial charge in [-0.2, -0.15) is 0 Å². The van der Waals surface area contributed by atoms with Crippen molar-refractivity contribution < 1.29 is 5.11 Å². The monoisotopic (exact) mass is 224 g/mol. The summed E-state index contributed by atoms with van der Waals surface area (Å²) in [5.41, 5.74) is 0. The van der Waals surface area contributed by atoms with E-state index in [1.165, 1.54) is 25.7 Å². The maximum absolute atomic E-state index is 9.53. The third kappa shape index (κ3) is 4.45. The van der Waals surface area contributed by atoms with Gasteiger partial charge in [0.05, 0.1) is 0 Å². The minimum absolute atomic E-state index is 0.210. The van der Waals surface area contributed by atoms with E-state index in [2.05, 4.69) is 24.1 Å². The average molecular weight is 224 g/mol. The second-order valence-electron chi connectivity index (χ2n) is 4.35. The molecular formula is C13H24N2O. The van der Waals surface area contributed by atoms with E-state index in [0.717, 1.165) is 13.0 Å². The third-order valence-electron chi connectivity index (χ3n) is 3.00. The molecule has 0 radical (unpaired) electrons. The molecule has 2 unspecified atom stereocenters. The van der Waals surface area contributed by atoms with E-state index in [9.17, 15) is 5.11 Å². The molecule has 1 rings (SSSR count). The first-order valence-corrected chi connectivity index (χ1v) is 6.32. The van der Waals surface area contributed by atoms with Gasteiger partial charge in [-0.1, -0.05) is 18.6 Å². The second-order valence-corrected chi connectivity index (χ2v) is 4.35. The highest BCUT2D eigenvalue weighted by molar-refractivity contribution is 5.62. The summed E-state index contributed by atoms with van der Waals surface area (Å²) in [5, 5.41) is 9.53. The first-order valence-electron chi connectivity index (χ1n) is 6.32. The van der Waals surface area contributed by atoms with Crippen molar-refractivity contribution in [3.8, 4) is 0 Å². The summed E-state index contributed by atoms with van der Waals surface area (Å²) in [7, 11) is 0. The molecule has 3 heteroatoms. The molecular weight excluding hydrogens is 200 g/mol. The van der Waals surface area contributed by atoms with Gasteiger partial charge >= 0.3 is 0 Å². The van der Waals surface area contributed by atoms with Crippen LogP contribution in [-0.4, -0.2) is 35.2 Å². The molecule has 0 saturated carbocycles. The fourth-order valence-corrected chi connectivity index (χ4v) is 2.04. The summed E-state index contributed by atoms with van der Waals surface area (Å²) in [6.07, 6.45) is 12.0. The summed E-state index contributed by atoms with van der Waals surface area (Å²) in [4.78, 5) is 6.43. The molecule has 92 valence electrons. The Balaban J connectivity index is 2.10. The number of hydrogen-bond donors (Lipinski definition) is 1. The van der Waals surface area contributed by atoms with Crippen molar-refractivity contribution in [3.63, 3.8) is 0 Å². The Morgan fingerprint density at radius 2 is 2.31 bits per heavy atom. The molecule has 0 aromatic carbocycles. The Morgan fingerprint density at radius 3 is 3.00 bits per heavy atom. The number of rotatable bonds is 7. The van der Waals surface area contributed by atoms with Gasteiger partial charge in [-0.3, -0.25) is 9.89 Å². The average Bonchev–Trinajstić information content (AvgIpc) is 2.71. The second kappa shape index (κ2) is 7.58. The standard InChI is InChI=1S/C13H24N2O/c1-3-4-5-6-7-8-9-13-14-10-11-15(13)12(2)16/h3-4,10,12-13,16H,5-9,11H2,1-2H3/b4-3+. The van der Waals surface area contributed by atoms with E-state index in [4.69, 9.17) is 0 Å². The topological polar surface area (TPSA) is 35.8 Å². The molecule has 0 fully saturated rings. The van der Waals surface area contributed by atoms with Crippen molar-refractivity contribution >= 4 is 6.21 Å². The summed E-state index contributed by atoms with van der Waals surface area (Å²) in [5.74, 6) is 0. The number of aliphatic hydroxyl groups is 1. The lowest BCUT2D eigenvalue weighted by molar-refractivity contribution is 0.00711. The van der Waals surface area contributed by atoms with E-state index in [0.29, 0.717) is 0 Å². The van der Waals surface area contributed by atoms with Gasteiger partial charge in [-0.15, -0.1) is 0 Å². The van der Waals surface area contributed by atoms with Crippen molar-refractivity contribution in [1.82, 2.24) is 4.90 Å². The highest BCUT2D eigenvalue weighted by atomic mass is 16.3. The van der Waals surface area contributed by atoms with E-state index in [1.54, 1.807) is 0 Å². The Labute approximate surface area is 98.9 Å².